The molecule has 0 spiro atoms. The Kier molecular flexibility index (Phi) is 5.67. The predicted octanol–water partition coefficient (Wildman–Crippen LogP) is 3.78. The number of aryl methyl sites for hydroxylation is 2. The van der Waals surface area contributed by atoms with Crippen molar-refractivity contribution in [3.05, 3.63) is 47.5 Å². The van der Waals surface area contributed by atoms with Gasteiger partial charge in [0.1, 0.15) is 22.7 Å². The molecule has 0 amide bonds. The van der Waals surface area contributed by atoms with E-state index in [9.17, 15) is 0 Å². The Morgan fingerprint density at radius 3 is 1.32 bits per heavy atom. The number of ether oxygens (including phenoxy) is 2. The summed E-state index contributed by atoms with van der Waals surface area (Å²) < 4.78 is 12.5. The van der Waals surface area contributed by atoms with E-state index in [2.05, 4.69) is 91.8 Å². The first-order valence-electron chi connectivity index (χ1n) is 9.00. The van der Waals surface area contributed by atoms with E-state index in [1.165, 1.54) is 21.5 Å². The van der Waals surface area contributed by atoms with E-state index in [4.69, 9.17) is 9.47 Å². The molecule has 0 aliphatic heterocycles. The Balaban J connectivity index is 2.40. The van der Waals surface area contributed by atoms with E-state index in [-0.39, 0.29) is 11.2 Å². The second-order valence-corrected chi connectivity index (χ2v) is 10.7. The van der Waals surface area contributed by atoms with Gasteiger partial charge >= 0.3 is 0 Å². The van der Waals surface area contributed by atoms with Gasteiger partial charge in [-0.1, -0.05) is 24.3 Å². The average Bonchev–Trinajstić information content (AvgIpc) is 2.41. The molecule has 0 radical (unpaired) electrons. The monoisotopic (exact) mass is 356 g/mol. The summed E-state index contributed by atoms with van der Waals surface area (Å²) in [6, 6.07) is 13.1. The van der Waals surface area contributed by atoms with Crippen LogP contribution >= 0.6 is 0 Å². The molecule has 0 saturated heterocycles. The molecule has 3 heteroatoms. The third-order valence-corrected chi connectivity index (χ3v) is 5.59. The van der Waals surface area contributed by atoms with Crippen molar-refractivity contribution in [2.24, 2.45) is 0 Å². The minimum absolute atomic E-state index is 0.199. The Labute approximate surface area is 155 Å². The largest absolute Gasteiger partial charge is 0.488 e. The number of rotatable bonds is 4. The molecule has 0 aliphatic rings. The Hall–Kier alpha value is -1.74. The van der Waals surface area contributed by atoms with Gasteiger partial charge in [0, 0.05) is 0 Å². The summed E-state index contributed by atoms with van der Waals surface area (Å²) in [5.74, 6) is 2.03. The van der Waals surface area contributed by atoms with Crippen molar-refractivity contribution in [1.29, 1.82) is 0 Å². The smallest absolute Gasteiger partial charge is 0.119 e. The van der Waals surface area contributed by atoms with Crippen molar-refractivity contribution >= 4 is 19.9 Å². The zero-order valence-corrected chi connectivity index (χ0v) is 18.4. The summed E-state index contributed by atoms with van der Waals surface area (Å²) >= 11 is 0. The zero-order valence-electron chi connectivity index (χ0n) is 17.0. The Morgan fingerprint density at radius 2 is 1.00 bits per heavy atom. The molecule has 0 N–H and O–H groups in total. The summed E-state index contributed by atoms with van der Waals surface area (Å²) in [6.45, 7) is 16.8. The van der Waals surface area contributed by atoms with Crippen molar-refractivity contribution in [3.8, 4) is 11.5 Å². The average molecular weight is 357 g/mol. The van der Waals surface area contributed by atoms with Crippen LogP contribution in [-0.2, 0) is 0 Å². The van der Waals surface area contributed by atoms with E-state index in [0.29, 0.717) is 0 Å². The summed E-state index contributed by atoms with van der Waals surface area (Å²) in [5, 5.41) is 2.64. The minimum atomic E-state index is -0.712. The maximum absolute atomic E-state index is 6.24. The zero-order chi connectivity index (χ0) is 18.8. The van der Waals surface area contributed by atoms with Gasteiger partial charge in [-0.05, 0) is 89.0 Å². The highest BCUT2D eigenvalue weighted by Crippen LogP contribution is 2.20. The molecule has 0 heterocycles. The lowest BCUT2D eigenvalue weighted by atomic mass is 10.2. The molecule has 0 fully saturated rings. The number of benzene rings is 2. The first kappa shape index (κ1) is 19.6. The molecule has 0 unspecified atom stereocenters. The van der Waals surface area contributed by atoms with Crippen molar-refractivity contribution in [1.82, 2.24) is 0 Å². The second kappa shape index (κ2) is 7.25. The lowest BCUT2D eigenvalue weighted by Gasteiger charge is -2.25. The third kappa shape index (κ3) is 6.24. The lowest BCUT2D eigenvalue weighted by molar-refractivity contribution is 0.132. The molecular formula is C22H32O2Si. The Morgan fingerprint density at radius 1 is 0.640 bits per heavy atom. The normalized spacial score (nSPS) is 12.2. The van der Waals surface area contributed by atoms with Gasteiger partial charge in [-0.25, -0.2) is 0 Å². The Bertz CT molecular complexity index is 673. The van der Waals surface area contributed by atoms with Gasteiger partial charge in [-0.3, -0.25) is 0 Å². The van der Waals surface area contributed by atoms with Crippen molar-refractivity contribution in [3.63, 3.8) is 0 Å². The first-order valence-corrected chi connectivity index (χ1v) is 10.4. The topological polar surface area (TPSA) is 18.5 Å². The van der Waals surface area contributed by atoms with Crippen LogP contribution in [0, 0.1) is 13.8 Å². The molecule has 136 valence electrons. The van der Waals surface area contributed by atoms with Gasteiger partial charge in [0.05, 0.1) is 9.52 Å². The van der Waals surface area contributed by atoms with Crippen LogP contribution in [0.15, 0.2) is 36.4 Å². The standard InChI is InChI=1S/C22H32O2Si/c1-15-9-11-19(17(13-15)23-21(3,4)5)25-20-12-10-16(2)14-18(20)24-22(6,7)8/h9-14H,25H2,1-8H3. The second-order valence-electron chi connectivity index (χ2n) is 8.83. The van der Waals surface area contributed by atoms with Crippen molar-refractivity contribution in [2.45, 2.75) is 66.6 Å². The molecule has 2 rings (SSSR count). The highest BCUT2D eigenvalue weighted by Gasteiger charge is 2.18. The first-order chi connectivity index (χ1) is 11.4. The van der Waals surface area contributed by atoms with Gasteiger partial charge in [-0.15, -0.1) is 0 Å². The molecule has 0 aliphatic carbocycles. The summed E-state index contributed by atoms with van der Waals surface area (Å²) in [6.07, 6.45) is 0. The molecular weight excluding hydrogens is 324 g/mol. The van der Waals surface area contributed by atoms with Crippen LogP contribution < -0.4 is 19.8 Å². The maximum atomic E-state index is 6.24. The van der Waals surface area contributed by atoms with Gasteiger partial charge in [-0.2, -0.15) is 0 Å². The van der Waals surface area contributed by atoms with Crippen LogP contribution in [0.4, 0.5) is 0 Å². The molecule has 2 nitrogen and oxygen atoms in total. The van der Waals surface area contributed by atoms with Gasteiger partial charge in [0.25, 0.3) is 0 Å². The van der Waals surface area contributed by atoms with Crippen molar-refractivity contribution in [2.75, 3.05) is 0 Å². The molecule has 2 aromatic carbocycles. The predicted molar refractivity (Wildman–Crippen MR) is 111 cm³/mol. The van der Waals surface area contributed by atoms with Crippen LogP contribution in [0.25, 0.3) is 0 Å². The lowest BCUT2D eigenvalue weighted by Crippen LogP contribution is -2.35. The van der Waals surface area contributed by atoms with Gasteiger partial charge in [0.15, 0.2) is 0 Å². The molecule has 0 aromatic heterocycles. The van der Waals surface area contributed by atoms with Crippen LogP contribution in [0.1, 0.15) is 52.7 Å². The molecule has 2 aromatic rings. The highest BCUT2D eigenvalue weighted by molar-refractivity contribution is 6.69. The molecule has 25 heavy (non-hydrogen) atoms. The van der Waals surface area contributed by atoms with Crippen LogP contribution in [0.5, 0.6) is 11.5 Å². The fourth-order valence-corrected chi connectivity index (χ4v) is 4.25. The molecule has 0 atom stereocenters. The fraction of sp³-hybridized carbons (Fsp3) is 0.455. The number of hydrogen-bond acceptors (Lipinski definition) is 2. The van der Waals surface area contributed by atoms with Gasteiger partial charge < -0.3 is 9.47 Å². The van der Waals surface area contributed by atoms with E-state index >= 15 is 0 Å². The van der Waals surface area contributed by atoms with Crippen LogP contribution in [0.2, 0.25) is 0 Å². The van der Waals surface area contributed by atoms with Crippen LogP contribution in [0.3, 0.4) is 0 Å². The SMILES string of the molecule is Cc1ccc([SiH2]c2ccc(C)cc2OC(C)(C)C)c(OC(C)(C)C)c1. The summed E-state index contributed by atoms with van der Waals surface area (Å²) in [5.41, 5.74) is 2.06. The van der Waals surface area contributed by atoms with Gasteiger partial charge in [0.2, 0.25) is 0 Å². The van der Waals surface area contributed by atoms with Crippen LogP contribution in [-0.4, -0.2) is 20.7 Å². The molecule has 0 saturated carbocycles. The maximum Gasteiger partial charge on any atom is 0.119 e. The fourth-order valence-electron chi connectivity index (χ4n) is 2.67. The highest BCUT2D eigenvalue weighted by atomic mass is 28.2. The summed E-state index contributed by atoms with van der Waals surface area (Å²) in [7, 11) is -0.712. The van der Waals surface area contributed by atoms with E-state index in [0.717, 1.165) is 11.5 Å². The number of hydrogen-bond donors (Lipinski definition) is 0. The molecule has 0 bridgehead atoms. The van der Waals surface area contributed by atoms with E-state index in [1.54, 1.807) is 0 Å². The summed E-state index contributed by atoms with van der Waals surface area (Å²) in [4.78, 5) is 0. The minimum Gasteiger partial charge on any atom is -0.488 e. The van der Waals surface area contributed by atoms with Crippen molar-refractivity contribution < 1.29 is 9.47 Å². The van der Waals surface area contributed by atoms with E-state index < -0.39 is 9.52 Å². The quantitative estimate of drug-likeness (QED) is 0.776. The van der Waals surface area contributed by atoms with E-state index in [1.807, 2.05) is 0 Å². The third-order valence-electron chi connectivity index (χ3n) is 3.66.